The van der Waals surface area contributed by atoms with Gasteiger partial charge in [0.1, 0.15) is 0 Å². The number of rotatable bonds is 6. The molecule has 0 saturated carbocycles. The van der Waals surface area contributed by atoms with E-state index in [0.29, 0.717) is 18.8 Å². The summed E-state index contributed by atoms with van der Waals surface area (Å²) in [6.07, 6.45) is 4.10. The van der Waals surface area contributed by atoms with Crippen LogP contribution in [0.3, 0.4) is 0 Å². The Labute approximate surface area is 129 Å². The third-order valence-electron chi connectivity index (χ3n) is 2.93. The second-order valence-corrected chi connectivity index (χ2v) is 13.1. The van der Waals surface area contributed by atoms with Gasteiger partial charge < -0.3 is 0 Å². The number of carbonyl (C=O) groups excluding carboxylic acids is 1. The number of hydrogen-bond donors (Lipinski definition) is 2. The molecule has 1 aromatic heterocycles. The predicted molar refractivity (Wildman–Crippen MR) is 75.6 cm³/mol. The summed E-state index contributed by atoms with van der Waals surface area (Å²) in [5.41, 5.74) is 11.7. The van der Waals surface area contributed by atoms with Gasteiger partial charge in [-0.25, -0.2) is 0 Å². The average Bonchev–Trinajstić information content (AvgIpc) is 2.94. The van der Waals surface area contributed by atoms with E-state index in [0.717, 1.165) is 11.8 Å². The summed E-state index contributed by atoms with van der Waals surface area (Å²) in [5.74, 6) is 0.138. The monoisotopic (exact) mass is 399 g/mol. The molecule has 1 unspecified atom stereocenters. The molecular weight excluding hydrogens is 384 g/mol. The second-order valence-electron chi connectivity index (χ2n) is 4.63. The molecule has 0 aromatic carbocycles. The van der Waals surface area contributed by atoms with Gasteiger partial charge in [0, 0.05) is 0 Å². The first-order chi connectivity index (χ1) is 9.47. The van der Waals surface area contributed by atoms with Crippen molar-refractivity contribution in [3.05, 3.63) is 35.8 Å². The van der Waals surface area contributed by atoms with Crippen LogP contribution in [0.25, 0.3) is 0 Å². The first-order valence-corrected chi connectivity index (χ1v) is 11.1. The average molecular weight is 400 g/mol. The van der Waals surface area contributed by atoms with E-state index in [1.165, 1.54) is 0 Å². The number of carbonyl (C=O) groups is 1. The fourth-order valence-corrected chi connectivity index (χ4v) is 9.23. The zero-order chi connectivity index (χ0) is 14.7. The number of halogens is 1. The molecule has 6 nitrogen and oxygen atoms in total. The molecule has 0 spiro atoms. The van der Waals surface area contributed by atoms with Crippen LogP contribution in [0.2, 0.25) is 0 Å². The molecule has 1 aromatic rings. The molecule has 0 bridgehead atoms. The molecule has 0 saturated heterocycles. The zero-order valence-corrected chi connectivity index (χ0v) is 15.1. The summed E-state index contributed by atoms with van der Waals surface area (Å²) in [4.78, 5) is 11.0. The van der Waals surface area contributed by atoms with Crippen molar-refractivity contribution in [3.8, 4) is 0 Å². The molecule has 4 N–H and O–H groups in total. The van der Waals surface area contributed by atoms with Gasteiger partial charge in [0.25, 0.3) is 0 Å². The Balaban J connectivity index is 1.96. The van der Waals surface area contributed by atoms with E-state index in [1.54, 1.807) is 0 Å². The Morgan fingerprint density at radius 2 is 2.35 bits per heavy atom. The van der Waals surface area contributed by atoms with Gasteiger partial charge in [-0.15, -0.1) is 0 Å². The Morgan fingerprint density at radius 3 is 2.95 bits per heavy atom. The number of nitrogens with two attached hydrogens (primary N) is 2. The minimum atomic E-state index is -2.71. The SMILES string of the molecule is Cc1cc(C[O][In]2[C](Cl)=CC=[C]2CC(N)C(N)=O)on1. The van der Waals surface area contributed by atoms with E-state index < -0.39 is 33.8 Å². The number of aryl methyl sites for hydroxylation is 1. The summed E-state index contributed by atoms with van der Waals surface area (Å²) < 4.78 is 12.8. The molecule has 0 fully saturated rings. The number of allylic oxidation sites excluding steroid dienone is 2. The molecule has 2 heterocycles. The van der Waals surface area contributed by atoms with Crippen LogP contribution in [0.1, 0.15) is 17.9 Å². The Hall–Kier alpha value is -0.760. The number of hydrogen-bond acceptors (Lipinski definition) is 5. The molecule has 106 valence electrons. The van der Waals surface area contributed by atoms with Crippen LogP contribution in [0.5, 0.6) is 0 Å². The molecule has 1 aliphatic heterocycles. The van der Waals surface area contributed by atoms with Crippen molar-refractivity contribution in [1.29, 1.82) is 0 Å². The van der Waals surface area contributed by atoms with Crippen LogP contribution in [0.15, 0.2) is 28.9 Å². The maximum atomic E-state index is 11.0. The van der Waals surface area contributed by atoms with Crippen LogP contribution in [-0.4, -0.2) is 39.0 Å². The van der Waals surface area contributed by atoms with Gasteiger partial charge in [0.15, 0.2) is 0 Å². The van der Waals surface area contributed by atoms with Crippen molar-refractivity contribution in [2.45, 2.75) is 26.0 Å². The number of aromatic nitrogens is 1. The molecule has 20 heavy (non-hydrogen) atoms. The van der Waals surface area contributed by atoms with Crippen LogP contribution in [0.4, 0.5) is 0 Å². The van der Waals surface area contributed by atoms with E-state index >= 15 is 0 Å². The summed E-state index contributed by atoms with van der Waals surface area (Å²) in [6.45, 7) is 2.17. The number of primary amides is 1. The number of amides is 1. The van der Waals surface area contributed by atoms with Gasteiger partial charge in [-0.3, -0.25) is 0 Å². The summed E-state index contributed by atoms with van der Waals surface area (Å²) in [5, 5.41) is 3.80. The summed E-state index contributed by atoms with van der Waals surface area (Å²) in [6, 6.07) is 1.12. The molecule has 1 aliphatic rings. The fraction of sp³-hybridized carbons (Fsp3) is 0.333. The normalized spacial score (nSPS) is 16.1. The van der Waals surface area contributed by atoms with Crippen molar-refractivity contribution in [3.63, 3.8) is 0 Å². The summed E-state index contributed by atoms with van der Waals surface area (Å²) in [7, 11) is 0. The molecule has 1 atom stereocenters. The Bertz CT molecular complexity index is 570. The molecule has 0 radical (unpaired) electrons. The van der Waals surface area contributed by atoms with Crippen LogP contribution < -0.4 is 11.5 Å². The standard InChI is InChI=1S/C7H9ClN2O.C5H6NO2.In/c8-5-3-1-2-4-6(9)7(10)11;1-4-2-5(3-7)8-6-4;/h1,3,6H,4,9H2,(H2,10,11);2H,3H2,1H3;/q;-1;+1. The Morgan fingerprint density at radius 1 is 1.60 bits per heavy atom. The van der Waals surface area contributed by atoms with E-state index in [4.69, 9.17) is 30.4 Å². The van der Waals surface area contributed by atoms with Gasteiger partial charge in [0.2, 0.25) is 0 Å². The van der Waals surface area contributed by atoms with Crippen molar-refractivity contribution < 1.29 is 12.2 Å². The van der Waals surface area contributed by atoms with E-state index in [9.17, 15) is 4.79 Å². The van der Waals surface area contributed by atoms with Crippen LogP contribution in [0, 0.1) is 6.92 Å². The van der Waals surface area contributed by atoms with Gasteiger partial charge in [-0.05, 0) is 0 Å². The maximum absolute atomic E-state index is 11.0. The van der Waals surface area contributed by atoms with Crippen molar-refractivity contribution in [1.82, 2.24) is 5.16 Å². The predicted octanol–water partition coefficient (Wildman–Crippen LogP) is 0.835. The molecule has 1 amide bonds. The van der Waals surface area contributed by atoms with E-state index in [-0.39, 0.29) is 0 Å². The molecular formula is C12H15ClInN3O3. The Kier molecular flexibility index (Phi) is 5.31. The quantitative estimate of drug-likeness (QED) is 0.737. The van der Waals surface area contributed by atoms with Crippen LogP contribution in [-0.2, 0) is 14.3 Å². The van der Waals surface area contributed by atoms with Gasteiger partial charge in [-0.2, -0.15) is 0 Å². The first kappa shape index (κ1) is 15.6. The third kappa shape index (κ3) is 3.88. The van der Waals surface area contributed by atoms with E-state index in [2.05, 4.69) is 5.16 Å². The van der Waals surface area contributed by atoms with Crippen molar-refractivity contribution in [2.24, 2.45) is 11.5 Å². The second kappa shape index (κ2) is 6.80. The van der Waals surface area contributed by atoms with Crippen molar-refractivity contribution >= 4 is 39.4 Å². The zero-order valence-electron chi connectivity index (χ0n) is 11.0. The molecule has 8 heteroatoms. The first-order valence-electron chi connectivity index (χ1n) is 6.12. The van der Waals surface area contributed by atoms with Crippen LogP contribution >= 0.6 is 11.6 Å². The van der Waals surface area contributed by atoms with Gasteiger partial charge in [-0.1, -0.05) is 0 Å². The topological polar surface area (TPSA) is 104 Å². The van der Waals surface area contributed by atoms with Gasteiger partial charge in [0.05, 0.1) is 0 Å². The van der Waals surface area contributed by atoms with Crippen molar-refractivity contribution in [2.75, 3.05) is 0 Å². The molecule has 0 aliphatic carbocycles. The minimum absolute atomic E-state index is 0.328. The number of nitrogens with zero attached hydrogens (tertiary/aromatic N) is 1. The fourth-order valence-electron chi connectivity index (χ4n) is 1.90. The van der Waals surface area contributed by atoms with E-state index in [1.807, 2.05) is 25.1 Å². The summed E-state index contributed by atoms with van der Waals surface area (Å²) >= 11 is 3.47. The van der Waals surface area contributed by atoms with Gasteiger partial charge >= 0.3 is 130 Å². The third-order valence-corrected chi connectivity index (χ3v) is 10.9. The molecule has 2 rings (SSSR count).